The molecule has 2 aromatic carbocycles. The van der Waals surface area contributed by atoms with Gasteiger partial charge in [-0.1, -0.05) is 76.2 Å². The topological polar surface area (TPSA) is 30.3 Å². The van der Waals surface area contributed by atoms with Crippen molar-refractivity contribution in [2.75, 3.05) is 42.9 Å². The second kappa shape index (κ2) is 10.6. The zero-order valence-electron chi connectivity index (χ0n) is 25.0. The summed E-state index contributed by atoms with van der Waals surface area (Å²) in [4.78, 5) is 2.51. The Morgan fingerprint density at radius 3 is 2.15 bits per heavy atom. The molecule has 4 heteroatoms. The molecule has 0 amide bonds. The second-order valence-corrected chi connectivity index (χ2v) is 12.6. The molecule has 3 aliphatic heterocycles. The minimum Gasteiger partial charge on any atom is -0.358 e. The second-order valence-electron chi connectivity index (χ2n) is 12.6. The number of rotatable bonds is 3. The van der Waals surface area contributed by atoms with E-state index in [-0.39, 0.29) is 10.8 Å². The Bertz CT molecular complexity index is 1460. The van der Waals surface area contributed by atoms with Crippen molar-refractivity contribution in [3.8, 4) is 0 Å². The number of hydrogen-bond acceptors (Lipinski definition) is 3. The van der Waals surface area contributed by atoms with E-state index < -0.39 is 0 Å². The molecule has 2 fully saturated rings. The number of nitrogens with one attached hydrogen (secondary N) is 2. The van der Waals surface area contributed by atoms with Crippen molar-refractivity contribution in [3.63, 3.8) is 0 Å². The maximum absolute atomic E-state index is 3.72. The van der Waals surface area contributed by atoms with Gasteiger partial charge in [-0.15, -0.1) is 0 Å². The fourth-order valence-electron chi connectivity index (χ4n) is 7.21. The van der Waals surface area contributed by atoms with Gasteiger partial charge in [0.15, 0.2) is 13.1 Å². The van der Waals surface area contributed by atoms with Gasteiger partial charge >= 0.3 is 0 Å². The average molecular weight is 534 g/mol. The lowest BCUT2D eigenvalue weighted by molar-refractivity contribution is -0.531. The third kappa shape index (κ3) is 4.56. The molecule has 4 nitrogen and oxygen atoms in total. The molecule has 1 saturated carbocycles. The Balaban J connectivity index is 1.40. The van der Waals surface area contributed by atoms with Gasteiger partial charge in [-0.3, -0.25) is 0 Å². The van der Waals surface area contributed by atoms with Crippen molar-refractivity contribution >= 4 is 17.1 Å². The van der Waals surface area contributed by atoms with E-state index in [4.69, 9.17) is 0 Å². The van der Waals surface area contributed by atoms with Crippen LogP contribution in [0.15, 0.2) is 95.4 Å². The van der Waals surface area contributed by atoms with E-state index in [0.29, 0.717) is 0 Å². The number of likely N-dealkylation sites (N-methyl/N-ethyl adjacent to an activating group) is 1. The summed E-state index contributed by atoms with van der Waals surface area (Å²) in [6, 6.07) is 17.6. The van der Waals surface area contributed by atoms with Crippen molar-refractivity contribution in [2.45, 2.75) is 64.7 Å². The van der Waals surface area contributed by atoms with E-state index in [2.05, 4.69) is 128 Å². The number of anilines is 2. The fourth-order valence-corrected chi connectivity index (χ4v) is 7.21. The summed E-state index contributed by atoms with van der Waals surface area (Å²) in [7, 11) is 0. The fraction of sp³-hybridized carbons (Fsp3) is 0.417. The molecule has 40 heavy (non-hydrogen) atoms. The molecule has 3 heterocycles. The van der Waals surface area contributed by atoms with Crippen LogP contribution in [0.1, 0.15) is 65.0 Å². The Morgan fingerprint density at radius 1 is 0.800 bits per heavy atom. The van der Waals surface area contributed by atoms with E-state index in [1.807, 2.05) is 0 Å². The normalized spacial score (nSPS) is 25.6. The first-order chi connectivity index (χ1) is 19.3. The van der Waals surface area contributed by atoms with Crippen LogP contribution in [0.25, 0.3) is 0 Å². The maximum Gasteiger partial charge on any atom is 0.206 e. The van der Waals surface area contributed by atoms with Crippen LogP contribution in [0.4, 0.5) is 11.4 Å². The van der Waals surface area contributed by atoms with E-state index in [9.17, 15) is 0 Å². The molecule has 0 bridgehead atoms. The summed E-state index contributed by atoms with van der Waals surface area (Å²) in [5, 5.41) is 7.27. The van der Waals surface area contributed by atoms with Crippen LogP contribution in [0.5, 0.6) is 0 Å². The van der Waals surface area contributed by atoms with Gasteiger partial charge in [0.25, 0.3) is 0 Å². The zero-order valence-corrected chi connectivity index (χ0v) is 25.0. The van der Waals surface area contributed by atoms with Crippen LogP contribution >= 0.6 is 0 Å². The molecule has 208 valence electrons. The zero-order chi connectivity index (χ0) is 27.9. The monoisotopic (exact) mass is 533 g/mol. The molecular formula is C36H45N4+. The van der Waals surface area contributed by atoms with Gasteiger partial charge in [0.1, 0.15) is 0 Å². The quantitative estimate of drug-likeness (QED) is 0.414. The number of benzene rings is 2. The summed E-state index contributed by atoms with van der Waals surface area (Å²) in [6.45, 7) is 16.9. The van der Waals surface area contributed by atoms with Crippen LogP contribution < -0.4 is 15.5 Å². The van der Waals surface area contributed by atoms with Gasteiger partial charge in [-0.2, -0.15) is 0 Å². The first-order valence-electron chi connectivity index (χ1n) is 15.2. The summed E-state index contributed by atoms with van der Waals surface area (Å²) < 4.78 is 2.64. The molecule has 0 unspecified atom stereocenters. The lowest BCUT2D eigenvalue weighted by Crippen LogP contribution is -2.42. The van der Waals surface area contributed by atoms with E-state index in [0.717, 1.165) is 45.6 Å². The number of piperazine rings is 1. The first kappa shape index (κ1) is 26.8. The minimum absolute atomic E-state index is 0.00858. The highest BCUT2D eigenvalue weighted by atomic mass is 15.2. The van der Waals surface area contributed by atoms with Crippen molar-refractivity contribution < 1.29 is 4.58 Å². The smallest absolute Gasteiger partial charge is 0.206 e. The van der Waals surface area contributed by atoms with Gasteiger partial charge < -0.3 is 15.5 Å². The molecule has 0 aromatic heterocycles. The number of nitrogens with zero attached hydrogens (tertiary/aromatic N) is 2. The predicted octanol–water partition coefficient (Wildman–Crippen LogP) is 7.07. The minimum atomic E-state index is -0.0205. The highest BCUT2D eigenvalue weighted by Crippen LogP contribution is 2.47. The van der Waals surface area contributed by atoms with Crippen molar-refractivity contribution in [3.05, 3.63) is 107 Å². The van der Waals surface area contributed by atoms with Crippen LogP contribution in [-0.4, -0.2) is 43.0 Å². The molecule has 1 aliphatic carbocycles. The Labute approximate surface area is 240 Å². The first-order valence-corrected chi connectivity index (χ1v) is 15.2. The molecule has 0 spiro atoms. The third-order valence-electron chi connectivity index (χ3n) is 9.49. The van der Waals surface area contributed by atoms with Crippen molar-refractivity contribution in [1.82, 2.24) is 5.32 Å². The van der Waals surface area contributed by atoms with E-state index >= 15 is 0 Å². The van der Waals surface area contributed by atoms with E-state index in [1.54, 1.807) is 0 Å². The third-order valence-corrected chi connectivity index (χ3v) is 9.49. The van der Waals surface area contributed by atoms with Gasteiger partial charge in [0.05, 0.1) is 13.1 Å². The summed E-state index contributed by atoms with van der Waals surface area (Å²) in [5.41, 5.74) is 12.5. The lowest BCUT2D eigenvalue weighted by atomic mass is 9.82. The van der Waals surface area contributed by atoms with Crippen LogP contribution in [0, 0.1) is 0 Å². The van der Waals surface area contributed by atoms with Gasteiger partial charge in [-0.25, -0.2) is 4.58 Å². The number of hydrogen-bond donors (Lipinski definition) is 2. The van der Waals surface area contributed by atoms with Crippen LogP contribution in [0.3, 0.4) is 0 Å². The standard InChI is InChI=1S/C36H44N4/c1-6-40-31-17-10-8-15-29(31)36(4,5)33(40)21-19-27-13-11-12-26(34(27)39-24-22-37-23-25-39)18-20-32-35(2,3)28-14-7-9-16-30(28)38-32/h7-10,14-21,37H,6,11-13,22-25H2,1-5H3/p+1/b27-19+,33-21+. The Morgan fingerprint density at radius 2 is 1.45 bits per heavy atom. The van der Waals surface area contributed by atoms with Gasteiger partial charge in [0.2, 0.25) is 5.71 Å². The number of fused-ring (bicyclic) bond motifs is 2. The molecule has 0 radical (unpaired) electrons. The average Bonchev–Trinajstić information content (AvgIpc) is 3.36. The summed E-state index contributed by atoms with van der Waals surface area (Å²) in [5.74, 6) is 0. The molecule has 2 aromatic rings. The van der Waals surface area contributed by atoms with Crippen molar-refractivity contribution in [2.24, 2.45) is 0 Å². The van der Waals surface area contributed by atoms with Gasteiger partial charge in [0, 0.05) is 51.3 Å². The molecule has 6 rings (SSSR count). The number of para-hydroxylation sites is 2. The predicted molar refractivity (Wildman–Crippen MR) is 170 cm³/mol. The lowest BCUT2D eigenvalue weighted by Gasteiger charge is -2.26. The molecular weight excluding hydrogens is 488 g/mol. The molecule has 0 atom stereocenters. The van der Waals surface area contributed by atoms with Crippen LogP contribution in [0.2, 0.25) is 0 Å². The van der Waals surface area contributed by atoms with Gasteiger partial charge in [-0.05, 0) is 61.6 Å². The largest absolute Gasteiger partial charge is 0.358 e. The highest BCUT2D eigenvalue weighted by Gasteiger charge is 2.39. The van der Waals surface area contributed by atoms with E-state index in [1.165, 1.54) is 57.2 Å². The SMILES string of the molecule is CCN1/C(=C/C=C2\CCC/C(=C\C=C3\Nc4ccccc4C3(C)C)C2=[N+]2CCNCC2)C(C)(C)c2ccccc21. The van der Waals surface area contributed by atoms with Crippen LogP contribution in [-0.2, 0) is 10.8 Å². The van der Waals surface area contributed by atoms with Crippen molar-refractivity contribution in [1.29, 1.82) is 0 Å². The molecule has 2 N–H and O–H groups in total. The Kier molecular flexibility index (Phi) is 7.08. The molecule has 1 saturated heterocycles. The highest BCUT2D eigenvalue weighted by molar-refractivity contribution is 6.10. The molecule has 4 aliphatic rings. The number of allylic oxidation sites excluding steroid dienone is 8. The Hall–Kier alpha value is -3.37. The summed E-state index contributed by atoms with van der Waals surface area (Å²) in [6.07, 6.45) is 13.1. The maximum atomic E-state index is 3.72. The summed E-state index contributed by atoms with van der Waals surface area (Å²) >= 11 is 0.